The molecule has 0 N–H and O–H groups in total. The van der Waals surface area contributed by atoms with Crippen molar-refractivity contribution in [1.82, 2.24) is 0 Å². The number of carbonyl (C=O) groups excluding carboxylic acids is 1. The molecule has 0 spiro atoms. The van der Waals surface area contributed by atoms with Gasteiger partial charge in [0.15, 0.2) is 0 Å². The third kappa shape index (κ3) is 4.37. The van der Waals surface area contributed by atoms with Crippen LogP contribution in [0.15, 0.2) is 84.0 Å². The number of ether oxygens (including phenoxy) is 1. The Morgan fingerprint density at radius 2 is 1.59 bits per heavy atom. The van der Waals surface area contributed by atoms with E-state index in [0.29, 0.717) is 11.5 Å². The van der Waals surface area contributed by atoms with Crippen LogP contribution in [-0.4, -0.2) is 18.8 Å². The molecule has 3 aromatic rings. The topological polar surface area (TPSA) is 47.9 Å². The fourth-order valence-corrected chi connectivity index (χ4v) is 3.49. The first-order valence-electron chi connectivity index (χ1n) is 9.71. The Morgan fingerprint density at radius 1 is 0.897 bits per heavy atom. The zero-order valence-electron chi connectivity index (χ0n) is 16.5. The van der Waals surface area contributed by atoms with E-state index in [1.54, 1.807) is 19.2 Å². The van der Waals surface area contributed by atoms with Crippen LogP contribution in [0.5, 0.6) is 5.75 Å². The van der Waals surface area contributed by atoms with E-state index < -0.39 is 5.97 Å². The van der Waals surface area contributed by atoms with Crippen LogP contribution < -0.4 is 4.74 Å². The summed E-state index contributed by atoms with van der Waals surface area (Å²) < 4.78 is 5.25. The molecule has 29 heavy (non-hydrogen) atoms. The quantitative estimate of drug-likeness (QED) is 0.326. The maximum Gasteiger partial charge on any atom is 0.365 e. The highest BCUT2D eigenvalue weighted by Crippen LogP contribution is 2.49. The lowest BCUT2D eigenvalue weighted by molar-refractivity contribution is 0.0515. The summed E-state index contributed by atoms with van der Waals surface area (Å²) in [4.78, 5) is 17.7. The van der Waals surface area contributed by atoms with E-state index >= 15 is 0 Å². The van der Waals surface area contributed by atoms with Gasteiger partial charge in [0.1, 0.15) is 5.75 Å². The Labute approximate surface area is 170 Å². The molecule has 3 aromatic carbocycles. The first-order valence-corrected chi connectivity index (χ1v) is 9.71. The van der Waals surface area contributed by atoms with Crippen molar-refractivity contribution in [3.63, 3.8) is 0 Å². The van der Waals surface area contributed by atoms with Crippen molar-refractivity contribution in [3.05, 3.63) is 101 Å². The number of rotatable bonds is 6. The molecule has 1 saturated carbocycles. The largest absolute Gasteiger partial charge is 0.497 e. The second-order valence-electron chi connectivity index (χ2n) is 7.31. The monoisotopic (exact) mass is 385 g/mol. The average molecular weight is 385 g/mol. The molecule has 0 unspecified atom stereocenters. The molecule has 4 nitrogen and oxygen atoms in total. The summed E-state index contributed by atoms with van der Waals surface area (Å²) >= 11 is 0. The molecule has 0 heterocycles. The summed E-state index contributed by atoms with van der Waals surface area (Å²) in [5, 5.41) is 4.31. The van der Waals surface area contributed by atoms with Crippen molar-refractivity contribution >= 4 is 11.7 Å². The Hall–Kier alpha value is -3.40. The van der Waals surface area contributed by atoms with Crippen LogP contribution in [0.1, 0.15) is 39.4 Å². The summed E-state index contributed by atoms with van der Waals surface area (Å²) in [6.45, 7) is 1.98. The number of carbonyl (C=O) groups is 1. The third-order valence-corrected chi connectivity index (χ3v) is 5.27. The molecular formula is C25H23NO3. The van der Waals surface area contributed by atoms with Crippen molar-refractivity contribution < 1.29 is 14.4 Å². The van der Waals surface area contributed by atoms with Gasteiger partial charge in [-0.1, -0.05) is 65.3 Å². The van der Waals surface area contributed by atoms with Crippen LogP contribution in [-0.2, 0) is 4.84 Å². The molecule has 0 bridgehead atoms. The van der Waals surface area contributed by atoms with Gasteiger partial charge in [0.05, 0.1) is 18.4 Å². The van der Waals surface area contributed by atoms with Gasteiger partial charge in [0.2, 0.25) is 0 Å². The predicted molar refractivity (Wildman–Crippen MR) is 113 cm³/mol. The summed E-state index contributed by atoms with van der Waals surface area (Å²) in [6, 6.07) is 25.3. The first kappa shape index (κ1) is 18.9. The number of aryl methyl sites for hydroxylation is 1. The minimum atomic E-state index is -0.444. The van der Waals surface area contributed by atoms with Gasteiger partial charge in [-0.15, -0.1) is 0 Å². The van der Waals surface area contributed by atoms with E-state index in [1.807, 2.05) is 61.5 Å². The van der Waals surface area contributed by atoms with E-state index in [4.69, 9.17) is 9.57 Å². The van der Waals surface area contributed by atoms with E-state index in [0.717, 1.165) is 29.0 Å². The Morgan fingerprint density at radius 3 is 2.24 bits per heavy atom. The Kier molecular flexibility index (Phi) is 5.43. The van der Waals surface area contributed by atoms with Crippen molar-refractivity contribution in [2.75, 3.05) is 7.11 Å². The van der Waals surface area contributed by atoms with Crippen molar-refractivity contribution in [1.29, 1.82) is 0 Å². The highest BCUT2D eigenvalue weighted by molar-refractivity contribution is 6.04. The van der Waals surface area contributed by atoms with Crippen LogP contribution in [0, 0.1) is 12.8 Å². The standard InChI is InChI=1S/C25H23NO3/c1-17-8-10-20(11-9-17)25(27)29-26-24(19-6-4-3-5-7-19)23-16-22(23)18-12-14-21(28-2)15-13-18/h3-15,22-23H,16H2,1-2H3/b26-24-/t22-,23-/m1/s1. The highest BCUT2D eigenvalue weighted by atomic mass is 16.7. The third-order valence-electron chi connectivity index (χ3n) is 5.27. The number of benzene rings is 3. The number of methoxy groups -OCH3 is 1. The fraction of sp³-hybridized carbons (Fsp3) is 0.200. The molecule has 0 amide bonds. The maximum absolute atomic E-state index is 12.4. The molecule has 0 aliphatic heterocycles. The Bertz CT molecular complexity index is 1010. The van der Waals surface area contributed by atoms with E-state index in [9.17, 15) is 4.79 Å². The smallest absolute Gasteiger partial charge is 0.365 e. The molecule has 4 rings (SSSR count). The molecule has 1 aliphatic carbocycles. The number of oxime groups is 1. The molecule has 146 valence electrons. The second-order valence-corrected chi connectivity index (χ2v) is 7.31. The van der Waals surface area contributed by atoms with Gasteiger partial charge in [-0.3, -0.25) is 0 Å². The van der Waals surface area contributed by atoms with E-state index in [1.165, 1.54) is 5.56 Å². The van der Waals surface area contributed by atoms with Crippen LogP contribution in [0.3, 0.4) is 0 Å². The molecule has 1 aliphatic rings. The first-order chi connectivity index (χ1) is 14.2. The minimum absolute atomic E-state index is 0.219. The van der Waals surface area contributed by atoms with Gasteiger partial charge in [-0.05, 0) is 54.7 Å². The molecule has 2 atom stereocenters. The van der Waals surface area contributed by atoms with E-state index in [2.05, 4.69) is 17.3 Å². The van der Waals surface area contributed by atoms with Gasteiger partial charge in [0.25, 0.3) is 0 Å². The number of hydrogen-bond acceptors (Lipinski definition) is 4. The zero-order valence-corrected chi connectivity index (χ0v) is 16.5. The van der Waals surface area contributed by atoms with Crippen LogP contribution >= 0.6 is 0 Å². The maximum atomic E-state index is 12.4. The van der Waals surface area contributed by atoms with Crippen molar-refractivity contribution in [2.24, 2.45) is 11.1 Å². The lowest BCUT2D eigenvalue weighted by Gasteiger charge is -2.07. The summed E-state index contributed by atoms with van der Waals surface area (Å²) in [5.74, 6) is 0.976. The van der Waals surface area contributed by atoms with Gasteiger partial charge in [-0.2, -0.15) is 0 Å². The normalized spacial score (nSPS) is 18.2. The number of hydrogen-bond donors (Lipinski definition) is 0. The van der Waals surface area contributed by atoms with Gasteiger partial charge in [0, 0.05) is 5.92 Å². The molecule has 4 heteroatoms. The molecule has 1 fully saturated rings. The minimum Gasteiger partial charge on any atom is -0.497 e. The molecule has 0 radical (unpaired) electrons. The zero-order chi connectivity index (χ0) is 20.2. The summed E-state index contributed by atoms with van der Waals surface area (Å²) in [7, 11) is 1.66. The van der Waals surface area contributed by atoms with Crippen LogP contribution in [0.2, 0.25) is 0 Å². The average Bonchev–Trinajstić information content (AvgIpc) is 3.55. The van der Waals surface area contributed by atoms with Crippen LogP contribution in [0.4, 0.5) is 0 Å². The summed E-state index contributed by atoms with van der Waals surface area (Å²) in [5.41, 5.74) is 4.62. The van der Waals surface area contributed by atoms with E-state index in [-0.39, 0.29) is 5.92 Å². The highest BCUT2D eigenvalue weighted by Gasteiger charge is 2.43. The predicted octanol–water partition coefficient (Wildman–Crippen LogP) is 5.37. The summed E-state index contributed by atoms with van der Waals surface area (Å²) in [6.07, 6.45) is 0.974. The van der Waals surface area contributed by atoms with Gasteiger partial charge >= 0.3 is 5.97 Å². The second kappa shape index (κ2) is 8.31. The fourth-order valence-electron chi connectivity index (χ4n) is 3.49. The SMILES string of the molecule is COc1ccc([C@H]2C[C@H]2/C(=N\OC(=O)c2ccc(C)cc2)c2ccccc2)cc1. The number of nitrogens with zero attached hydrogens (tertiary/aromatic N) is 1. The molecule has 0 aromatic heterocycles. The molecule has 0 saturated heterocycles. The Balaban J connectivity index is 1.55. The van der Waals surface area contributed by atoms with Gasteiger partial charge in [-0.25, -0.2) is 4.79 Å². The lowest BCUT2D eigenvalue weighted by Crippen LogP contribution is -2.09. The molecular weight excluding hydrogens is 362 g/mol. The lowest BCUT2D eigenvalue weighted by atomic mass is 10.0. The van der Waals surface area contributed by atoms with Crippen molar-refractivity contribution in [2.45, 2.75) is 19.3 Å². The van der Waals surface area contributed by atoms with Crippen LogP contribution in [0.25, 0.3) is 0 Å². The van der Waals surface area contributed by atoms with Gasteiger partial charge < -0.3 is 9.57 Å². The van der Waals surface area contributed by atoms with Crippen molar-refractivity contribution in [3.8, 4) is 5.75 Å².